The molecule has 2 aliphatic rings. The van der Waals surface area contributed by atoms with Gasteiger partial charge >= 0.3 is 0 Å². The van der Waals surface area contributed by atoms with Crippen LogP contribution in [0.1, 0.15) is 29.0 Å². The molecule has 2 fully saturated rings. The number of amides is 1. The molecule has 3 nitrogen and oxygen atoms in total. The van der Waals surface area contributed by atoms with Crippen molar-refractivity contribution in [3.8, 4) is 0 Å². The van der Waals surface area contributed by atoms with E-state index in [9.17, 15) is 4.79 Å². The Morgan fingerprint density at radius 2 is 1.62 bits per heavy atom. The topological polar surface area (TPSA) is 23.6 Å². The lowest BCUT2D eigenvalue weighted by molar-refractivity contribution is -0.132. The van der Waals surface area contributed by atoms with Gasteiger partial charge in [0.25, 0.3) is 0 Å². The maximum absolute atomic E-state index is 12.9. The van der Waals surface area contributed by atoms with Gasteiger partial charge in [-0.1, -0.05) is 47.5 Å². The Morgan fingerprint density at radius 3 is 2.31 bits per heavy atom. The van der Waals surface area contributed by atoms with Crippen LogP contribution in [0.4, 0.5) is 5.69 Å². The molecule has 0 N–H and O–H groups in total. The maximum atomic E-state index is 12.9. The second-order valence-electron chi connectivity index (χ2n) is 7.63. The van der Waals surface area contributed by atoms with E-state index in [1.165, 1.54) is 16.7 Å². The first-order valence-electron chi connectivity index (χ1n) is 9.39. The van der Waals surface area contributed by atoms with E-state index in [2.05, 4.69) is 49.1 Å². The van der Waals surface area contributed by atoms with Gasteiger partial charge in [0.1, 0.15) is 0 Å². The van der Waals surface area contributed by atoms with Crippen LogP contribution in [0, 0.1) is 19.8 Å². The number of benzene rings is 2. The van der Waals surface area contributed by atoms with Crippen LogP contribution in [0.3, 0.4) is 0 Å². The molecule has 136 valence electrons. The average molecular weight is 369 g/mol. The molecule has 0 spiro atoms. The first kappa shape index (κ1) is 17.4. The summed E-state index contributed by atoms with van der Waals surface area (Å²) in [5.41, 5.74) is 4.87. The number of piperazine rings is 1. The van der Waals surface area contributed by atoms with Gasteiger partial charge in [-0.3, -0.25) is 4.79 Å². The number of hydrogen-bond donors (Lipinski definition) is 0. The SMILES string of the molecule is Cc1ccc(C2C[C@@H]2C(=O)N2CCN(c3cc(C)ccc3Cl)CC2)cc1. The Hall–Kier alpha value is -2.00. The van der Waals surface area contributed by atoms with Crippen molar-refractivity contribution >= 4 is 23.2 Å². The molecule has 4 heteroatoms. The second kappa shape index (κ2) is 6.96. The van der Waals surface area contributed by atoms with E-state index in [0.717, 1.165) is 43.3 Å². The van der Waals surface area contributed by atoms with Crippen molar-refractivity contribution in [2.75, 3.05) is 31.1 Å². The van der Waals surface area contributed by atoms with E-state index in [-0.39, 0.29) is 5.92 Å². The van der Waals surface area contributed by atoms with E-state index in [4.69, 9.17) is 11.6 Å². The molecule has 26 heavy (non-hydrogen) atoms. The molecular weight excluding hydrogens is 344 g/mol. The van der Waals surface area contributed by atoms with Gasteiger partial charge in [-0.25, -0.2) is 0 Å². The molecular formula is C22H25ClN2O. The van der Waals surface area contributed by atoms with E-state index in [0.29, 0.717) is 11.8 Å². The number of hydrogen-bond acceptors (Lipinski definition) is 2. The van der Waals surface area contributed by atoms with Crippen LogP contribution in [-0.2, 0) is 4.79 Å². The molecule has 1 amide bonds. The lowest BCUT2D eigenvalue weighted by Gasteiger charge is -2.36. The summed E-state index contributed by atoms with van der Waals surface area (Å²) >= 11 is 6.36. The van der Waals surface area contributed by atoms with Gasteiger partial charge in [0.15, 0.2) is 0 Å². The zero-order valence-corrected chi connectivity index (χ0v) is 16.2. The summed E-state index contributed by atoms with van der Waals surface area (Å²) in [5, 5.41) is 0.789. The molecule has 1 heterocycles. The fourth-order valence-corrected chi connectivity index (χ4v) is 4.15. The minimum Gasteiger partial charge on any atom is -0.367 e. The first-order chi connectivity index (χ1) is 12.5. The van der Waals surface area contributed by atoms with E-state index in [1.807, 2.05) is 17.0 Å². The van der Waals surface area contributed by atoms with Gasteiger partial charge in [-0.15, -0.1) is 0 Å². The molecule has 1 aliphatic heterocycles. The summed E-state index contributed by atoms with van der Waals surface area (Å²) in [6.45, 7) is 7.42. The molecule has 1 saturated heterocycles. The quantitative estimate of drug-likeness (QED) is 0.801. The van der Waals surface area contributed by atoms with Crippen molar-refractivity contribution in [1.82, 2.24) is 4.90 Å². The first-order valence-corrected chi connectivity index (χ1v) is 9.77. The molecule has 2 aromatic carbocycles. The van der Waals surface area contributed by atoms with E-state index >= 15 is 0 Å². The minimum absolute atomic E-state index is 0.173. The smallest absolute Gasteiger partial charge is 0.226 e. The third-order valence-electron chi connectivity index (χ3n) is 5.65. The fraction of sp³-hybridized carbons (Fsp3) is 0.409. The highest BCUT2D eigenvalue weighted by Gasteiger charge is 2.46. The monoisotopic (exact) mass is 368 g/mol. The van der Waals surface area contributed by atoms with Crippen molar-refractivity contribution in [3.05, 3.63) is 64.2 Å². The Balaban J connectivity index is 1.36. The van der Waals surface area contributed by atoms with E-state index in [1.54, 1.807) is 0 Å². The van der Waals surface area contributed by atoms with Gasteiger partial charge in [-0.05, 0) is 49.4 Å². The Labute approximate surface area is 160 Å². The standard InChI is InChI=1S/C22H25ClN2O/c1-15-3-6-17(7-4-15)18-14-19(18)22(26)25-11-9-24(10-12-25)21-13-16(2)5-8-20(21)23/h3-8,13,18-19H,9-12,14H2,1-2H3/t18?,19-/m0/s1. The number of nitrogens with zero attached hydrogens (tertiary/aromatic N) is 2. The molecule has 0 aromatic heterocycles. The molecule has 1 saturated carbocycles. The highest BCUT2D eigenvalue weighted by atomic mass is 35.5. The highest BCUT2D eigenvalue weighted by Crippen LogP contribution is 2.48. The van der Waals surface area contributed by atoms with Crippen molar-refractivity contribution < 1.29 is 4.79 Å². The van der Waals surface area contributed by atoms with E-state index < -0.39 is 0 Å². The maximum Gasteiger partial charge on any atom is 0.226 e. The largest absolute Gasteiger partial charge is 0.367 e. The molecule has 1 aliphatic carbocycles. The minimum atomic E-state index is 0.173. The van der Waals surface area contributed by atoms with Gasteiger partial charge in [0.2, 0.25) is 5.91 Å². The molecule has 2 atom stereocenters. The Morgan fingerprint density at radius 1 is 0.962 bits per heavy atom. The predicted molar refractivity (Wildman–Crippen MR) is 107 cm³/mol. The third kappa shape index (κ3) is 3.45. The third-order valence-corrected chi connectivity index (χ3v) is 5.97. The molecule has 0 bridgehead atoms. The van der Waals surface area contributed by atoms with Gasteiger partial charge in [-0.2, -0.15) is 0 Å². The Kier molecular flexibility index (Phi) is 4.66. The lowest BCUT2D eigenvalue weighted by Crippen LogP contribution is -2.49. The number of anilines is 1. The zero-order chi connectivity index (χ0) is 18.3. The van der Waals surface area contributed by atoms with Gasteiger partial charge < -0.3 is 9.80 Å². The van der Waals surface area contributed by atoms with Crippen LogP contribution >= 0.6 is 11.6 Å². The summed E-state index contributed by atoms with van der Waals surface area (Å²) in [5.74, 6) is 0.907. The number of halogens is 1. The zero-order valence-electron chi connectivity index (χ0n) is 15.4. The summed E-state index contributed by atoms with van der Waals surface area (Å²) in [6.07, 6.45) is 0.992. The van der Waals surface area contributed by atoms with Crippen molar-refractivity contribution in [2.24, 2.45) is 5.92 Å². The summed E-state index contributed by atoms with van der Waals surface area (Å²) < 4.78 is 0. The summed E-state index contributed by atoms with van der Waals surface area (Å²) in [7, 11) is 0. The van der Waals surface area contributed by atoms with Gasteiger partial charge in [0, 0.05) is 32.1 Å². The van der Waals surface area contributed by atoms with Crippen molar-refractivity contribution in [1.29, 1.82) is 0 Å². The summed E-state index contributed by atoms with van der Waals surface area (Å²) in [6, 6.07) is 14.7. The van der Waals surface area contributed by atoms with Crippen LogP contribution in [0.25, 0.3) is 0 Å². The summed E-state index contributed by atoms with van der Waals surface area (Å²) in [4.78, 5) is 17.2. The van der Waals surface area contributed by atoms with Gasteiger partial charge in [0.05, 0.1) is 10.7 Å². The van der Waals surface area contributed by atoms with Crippen LogP contribution in [0.15, 0.2) is 42.5 Å². The number of rotatable bonds is 3. The number of carbonyl (C=O) groups is 1. The van der Waals surface area contributed by atoms with Crippen LogP contribution in [-0.4, -0.2) is 37.0 Å². The fourth-order valence-electron chi connectivity index (χ4n) is 3.92. The second-order valence-corrected chi connectivity index (χ2v) is 8.03. The van der Waals surface area contributed by atoms with Crippen LogP contribution < -0.4 is 4.90 Å². The average Bonchev–Trinajstić information content (AvgIpc) is 3.45. The lowest BCUT2D eigenvalue weighted by atomic mass is 10.1. The van der Waals surface area contributed by atoms with Crippen LogP contribution in [0.5, 0.6) is 0 Å². The predicted octanol–water partition coefficient (Wildman–Crippen LogP) is 4.41. The number of carbonyl (C=O) groups excluding carboxylic acids is 1. The molecule has 0 radical (unpaired) electrons. The van der Waals surface area contributed by atoms with Crippen LogP contribution in [0.2, 0.25) is 5.02 Å². The number of aryl methyl sites for hydroxylation is 2. The molecule has 1 unspecified atom stereocenters. The molecule has 2 aromatic rings. The highest BCUT2D eigenvalue weighted by molar-refractivity contribution is 6.33. The Bertz CT molecular complexity index is 809. The van der Waals surface area contributed by atoms with Crippen molar-refractivity contribution in [2.45, 2.75) is 26.2 Å². The molecule has 4 rings (SSSR count). The normalized spacial score (nSPS) is 22.4. The van der Waals surface area contributed by atoms with Crippen molar-refractivity contribution in [3.63, 3.8) is 0 Å².